The van der Waals surface area contributed by atoms with Crippen molar-refractivity contribution in [2.75, 3.05) is 17.4 Å². The van der Waals surface area contributed by atoms with E-state index in [2.05, 4.69) is 30.6 Å². The summed E-state index contributed by atoms with van der Waals surface area (Å²) in [6.45, 7) is 0.698. The minimum absolute atomic E-state index is 0.346. The molecule has 0 radical (unpaired) electrons. The Morgan fingerprint density at radius 3 is 2.85 bits per heavy atom. The molecule has 0 aliphatic rings. The van der Waals surface area contributed by atoms with Crippen molar-refractivity contribution in [3.8, 4) is 0 Å². The van der Waals surface area contributed by atoms with Gasteiger partial charge in [-0.2, -0.15) is 15.1 Å². The van der Waals surface area contributed by atoms with Gasteiger partial charge in [0.05, 0.1) is 11.6 Å². The van der Waals surface area contributed by atoms with Gasteiger partial charge < -0.3 is 4.90 Å². The summed E-state index contributed by atoms with van der Waals surface area (Å²) in [5.41, 5.74) is 4.24. The van der Waals surface area contributed by atoms with Crippen LogP contribution in [0.4, 0.5) is 11.8 Å². The Labute approximate surface area is 115 Å². The molecule has 0 spiro atoms. The minimum atomic E-state index is 0.346. The van der Waals surface area contributed by atoms with Crippen LogP contribution in [0.1, 0.15) is 5.56 Å². The lowest BCUT2D eigenvalue weighted by molar-refractivity contribution is 0.897. The zero-order chi connectivity index (χ0) is 13.9. The van der Waals surface area contributed by atoms with E-state index in [1.165, 1.54) is 0 Å². The van der Waals surface area contributed by atoms with Crippen molar-refractivity contribution in [3.05, 3.63) is 36.3 Å². The first-order valence-corrected chi connectivity index (χ1v) is 6.05. The molecule has 4 N–H and O–H groups in total. The van der Waals surface area contributed by atoms with Crippen molar-refractivity contribution in [1.82, 2.24) is 25.1 Å². The van der Waals surface area contributed by atoms with Gasteiger partial charge in [0.25, 0.3) is 0 Å². The molecule has 20 heavy (non-hydrogen) atoms. The SMILES string of the molecule is CN(Cc1ccncc1)c1nc(NN)nc2[nH]ncc12. The number of nitrogens with two attached hydrogens (primary N) is 1. The molecule has 0 amide bonds. The predicted octanol–water partition coefficient (Wildman–Crippen LogP) is 0.670. The van der Waals surface area contributed by atoms with Gasteiger partial charge in [-0.1, -0.05) is 0 Å². The Kier molecular flexibility index (Phi) is 3.13. The zero-order valence-corrected chi connectivity index (χ0v) is 10.9. The maximum atomic E-state index is 5.40. The van der Waals surface area contributed by atoms with E-state index in [1.54, 1.807) is 18.6 Å². The van der Waals surface area contributed by atoms with Crippen molar-refractivity contribution in [1.29, 1.82) is 0 Å². The highest BCUT2D eigenvalue weighted by atomic mass is 15.3. The molecule has 0 saturated carbocycles. The molecule has 3 aromatic heterocycles. The number of aromatic nitrogens is 5. The summed E-state index contributed by atoms with van der Waals surface area (Å²) < 4.78 is 0. The van der Waals surface area contributed by atoms with Crippen LogP contribution in [-0.2, 0) is 6.54 Å². The van der Waals surface area contributed by atoms with Gasteiger partial charge in [0.1, 0.15) is 5.82 Å². The molecule has 0 fully saturated rings. The number of rotatable bonds is 4. The molecule has 0 saturated heterocycles. The Hall–Kier alpha value is -2.74. The number of nitrogens with zero attached hydrogens (tertiary/aromatic N) is 5. The molecule has 8 heteroatoms. The second-order valence-corrected chi connectivity index (χ2v) is 4.36. The summed E-state index contributed by atoms with van der Waals surface area (Å²) in [7, 11) is 1.95. The molecule has 0 bridgehead atoms. The van der Waals surface area contributed by atoms with Gasteiger partial charge in [-0.3, -0.25) is 15.5 Å². The van der Waals surface area contributed by atoms with Crippen LogP contribution < -0.4 is 16.2 Å². The summed E-state index contributed by atoms with van der Waals surface area (Å²) in [4.78, 5) is 14.6. The van der Waals surface area contributed by atoms with Crippen molar-refractivity contribution in [2.24, 2.45) is 5.84 Å². The van der Waals surface area contributed by atoms with Crippen LogP contribution in [0, 0.1) is 0 Å². The molecule has 0 unspecified atom stereocenters. The highest BCUT2D eigenvalue weighted by molar-refractivity contribution is 5.87. The van der Waals surface area contributed by atoms with Gasteiger partial charge >= 0.3 is 0 Å². The smallest absolute Gasteiger partial charge is 0.241 e. The summed E-state index contributed by atoms with van der Waals surface area (Å²) in [6, 6.07) is 3.93. The number of hydrazine groups is 1. The molecule has 8 nitrogen and oxygen atoms in total. The average molecular weight is 270 g/mol. The number of hydrogen-bond donors (Lipinski definition) is 3. The van der Waals surface area contributed by atoms with E-state index < -0.39 is 0 Å². The Morgan fingerprint density at radius 2 is 2.10 bits per heavy atom. The average Bonchev–Trinajstić information content (AvgIpc) is 2.95. The van der Waals surface area contributed by atoms with Crippen molar-refractivity contribution < 1.29 is 0 Å². The molecule has 3 heterocycles. The highest BCUT2D eigenvalue weighted by Gasteiger charge is 2.13. The lowest BCUT2D eigenvalue weighted by atomic mass is 10.2. The number of hydrogen-bond acceptors (Lipinski definition) is 7. The van der Waals surface area contributed by atoms with Crippen LogP contribution in [0.5, 0.6) is 0 Å². The number of nitrogens with one attached hydrogen (secondary N) is 2. The second-order valence-electron chi connectivity index (χ2n) is 4.36. The first-order chi connectivity index (χ1) is 9.78. The van der Waals surface area contributed by atoms with Crippen LogP contribution >= 0.6 is 0 Å². The van der Waals surface area contributed by atoms with E-state index >= 15 is 0 Å². The molecule has 0 aliphatic carbocycles. The first-order valence-electron chi connectivity index (χ1n) is 6.05. The van der Waals surface area contributed by atoms with Gasteiger partial charge in [-0.15, -0.1) is 0 Å². The molecule has 3 aromatic rings. The third-order valence-corrected chi connectivity index (χ3v) is 2.95. The lowest BCUT2D eigenvalue weighted by Gasteiger charge is -2.19. The van der Waals surface area contributed by atoms with Gasteiger partial charge in [-0.25, -0.2) is 5.84 Å². The standard InChI is InChI=1S/C12H14N8/c1-20(7-8-2-4-14-5-3-8)11-9-6-15-19-10(9)16-12(17-11)18-13/h2-6H,7,13H2,1H3,(H2,15,16,17,18,19). The van der Waals surface area contributed by atoms with Crippen LogP contribution in [0.2, 0.25) is 0 Å². The maximum Gasteiger partial charge on any atom is 0.241 e. The zero-order valence-electron chi connectivity index (χ0n) is 10.9. The number of H-pyrrole nitrogens is 1. The van der Waals surface area contributed by atoms with E-state index in [4.69, 9.17) is 5.84 Å². The summed E-state index contributed by atoms with van der Waals surface area (Å²) >= 11 is 0. The normalized spacial score (nSPS) is 10.7. The molecule has 0 atom stereocenters. The molecule has 0 aliphatic heterocycles. The van der Waals surface area contributed by atoms with E-state index in [-0.39, 0.29) is 0 Å². The van der Waals surface area contributed by atoms with Gasteiger partial charge in [0, 0.05) is 26.0 Å². The van der Waals surface area contributed by atoms with Gasteiger partial charge in [0.15, 0.2) is 5.65 Å². The fourth-order valence-corrected chi connectivity index (χ4v) is 2.01. The minimum Gasteiger partial charge on any atom is -0.355 e. The Bertz CT molecular complexity index is 708. The molecular weight excluding hydrogens is 256 g/mol. The third-order valence-electron chi connectivity index (χ3n) is 2.95. The fourth-order valence-electron chi connectivity index (χ4n) is 2.01. The predicted molar refractivity (Wildman–Crippen MR) is 75.8 cm³/mol. The van der Waals surface area contributed by atoms with Crippen LogP contribution in [0.15, 0.2) is 30.7 Å². The molecule has 3 rings (SSSR count). The van der Waals surface area contributed by atoms with Crippen LogP contribution in [0.3, 0.4) is 0 Å². The van der Waals surface area contributed by atoms with E-state index in [1.807, 2.05) is 24.1 Å². The number of nitrogen functional groups attached to an aromatic ring is 1. The Morgan fingerprint density at radius 1 is 1.30 bits per heavy atom. The van der Waals surface area contributed by atoms with E-state index in [9.17, 15) is 0 Å². The number of anilines is 2. The van der Waals surface area contributed by atoms with Crippen molar-refractivity contribution in [3.63, 3.8) is 0 Å². The summed E-state index contributed by atoms with van der Waals surface area (Å²) in [5, 5.41) is 7.66. The van der Waals surface area contributed by atoms with E-state index in [0.717, 1.165) is 16.8 Å². The topological polar surface area (TPSA) is 109 Å². The van der Waals surface area contributed by atoms with Crippen molar-refractivity contribution >= 4 is 22.8 Å². The number of pyridine rings is 1. The lowest BCUT2D eigenvalue weighted by Crippen LogP contribution is -2.20. The first kappa shape index (κ1) is 12.3. The van der Waals surface area contributed by atoms with Crippen LogP contribution in [-0.4, -0.2) is 32.2 Å². The highest BCUT2D eigenvalue weighted by Crippen LogP contribution is 2.23. The molecule has 102 valence electrons. The van der Waals surface area contributed by atoms with Crippen LogP contribution in [0.25, 0.3) is 11.0 Å². The largest absolute Gasteiger partial charge is 0.355 e. The monoisotopic (exact) mass is 270 g/mol. The van der Waals surface area contributed by atoms with Gasteiger partial charge in [0.2, 0.25) is 5.95 Å². The Balaban J connectivity index is 1.98. The number of fused-ring (bicyclic) bond motifs is 1. The maximum absolute atomic E-state index is 5.40. The fraction of sp³-hybridized carbons (Fsp3) is 0.167. The summed E-state index contributed by atoms with van der Waals surface area (Å²) in [5.74, 6) is 6.50. The molecular formula is C12H14N8. The summed E-state index contributed by atoms with van der Waals surface area (Å²) in [6.07, 6.45) is 5.24. The van der Waals surface area contributed by atoms with Crippen molar-refractivity contribution in [2.45, 2.75) is 6.54 Å². The van der Waals surface area contributed by atoms with E-state index in [0.29, 0.717) is 18.1 Å². The number of aromatic amines is 1. The van der Waals surface area contributed by atoms with Gasteiger partial charge in [-0.05, 0) is 17.7 Å². The second kappa shape index (κ2) is 5.10. The quantitative estimate of drug-likeness (QED) is 0.472. The molecule has 0 aromatic carbocycles. The third kappa shape index (κ3) is 2.24.